The van der Waals surface area contributed by atoms with Crippen molar-refractivity contribution in [1.29, 1.82) is 0 Å². The van der Waals surface area contributed by atoms with E-state index in [0.29, 0.717) is 0 Å². The van der Waals surface area contributed by atoms with Crippen LogP contribution in [0.4, 0.5) is 17.1 Å². The molecule has 2 aromatic heterocycles. The Morgan fingerprint density at radius 1 is 0.367 bits per heavy atom. The van der Waals surface area contributed by atoms with Gasteiger partial charge in [0.2, 0.25) is 0 Å². The highest BCUT2D eigenvalue weighted by Crippen LogP contribution is 2.41. The van der Waals surface area contributed by atoms with Crippen LogP contribution in [0.25, 0.3) is 71.3 Å². The van der Waals surface area contributed by atoms with E-state index in [1.54, 1.807) is 0 Å². The summed E-state index contributed by atoms with van der Waals surface area (Å²) in [6.45, 7) is 0. The van der Waals surface area contributed by atoms with E-state index < -0.39 is 0 Å². The van der Waals surface area contributed by atoms with Crippen LogP contribution >= 0.6 is 0 Å². The Bertz CT molecular complexity index is 2830. The molecule has 0 aliphatic heterocycles. The number of rotatable bonds is 5. The summed E-state index contributed by atoms with van der Waals surface area (Å²) < 4.78 is 8.54. The lowest BCUT2D eigenvalue weighted by atomic mass is 10.0. The lowest BCUT2D eigenvalue weighted by molar-refractivity contribution is 0.669. The van der Waals surface area contributed by atoms with Crippen molar-refractivity contribution in [3.05, 3.63) is 182 Å². The maximum absolute atomic E-state index is 6.18. The van der Waals surface area contributed by atoms with Crippen molar-refractivity contribution in [2.24, 2.45) is 0 Å². The molecule has 0 N–H and O–H groups in total. The summed E-state index contributed by atoms with van der Waals surface area (Å²) in [5.74, 6) is 0. The Kier molecular flexibility index (Phi) is 6.18. The lowest BCUT2D eigenvalue weighted by Gasteiger charge is -2.26. The van der Waals surface area contributed by atoms with Crippen LogP contribution in [-0.2, 0) is 0 Å². The van der Waals surface area contributed by atoms with E-state index in [-0.39, 0.29) is 0 Å². The number of fused-ring (bicyclic) bond motifs is 7. The third-order valence-corrected chi connectivity index (χ3v) is 9.76. The third kappa shape index (κ3) is 4.51. The summed E-state index contributed by atoms with van der Waals surface area (Å²) in [5, 5.41) is 7.17. The SMILES string of the molecule is c1ccc(-n2c3ccccc3c3cc(-c4ccc(N(c5ccc6ccccc6c5)c5ccc6oc7ccccc7c6c5)cc4)ccc32)cc1. The van der Waals surface area contributed by atoms with Crippen LogP contribution in [0, 0.1) is 0 Å². The zero-order valence-corrected chi connectivity index (χ0v) is 26.6. The smallest absolute Gasteiger partial charge is 0.135 e. The molecule has 8 aromatic carbocycles. The molecule has 3 heteroatoms. The first kappa shape index (κ1) is 27.5. The quantitative estimate of drug-likeness (QED) is 0.190. The first-order valence-corrected chi connectivity index (χ1v) is 16.7. The maximum Gasteiger partial charge on any atom is 0.135 e. The van der Waals surface area contributed by atoms with Crippen molar-refractivity contribution in [1.82, 2.24) is 4.57 Å². The number of furan rings is 1. The van der Waals surface area contributed by atoms with Crippen LogP contribution in [-0.4, -0.2) is 4.57 Å². The highest BCUT2D eigenvalue weighted by molar-refractivity contribution is 6.10. The molecule has 0 saturated carbocycles. The van der Waals surface area contributed by atoms with Crippen molar-refractivity contribution < 1.29 is 4.42 Å². The molecule has 0 spiro atoms. The zero-order chi connectivity index (χ0) is 32.3. The zero-order valence-electron chi connectivity index (χ0n) is 26.6. The van der Waals surface area contributed by atoms with Crippen molar-refractivity contribution in [3.8, 4) is 16.8 Å². The van der Waals surface area contributed by atoms with Gasteiger partial charge in [-0.25, -0.2) is 0 Å². The van der Waals surface area contributed by atoms with E-state index >= 15 is 0 Å². The molecule has 0 atom stereocenters. The minimum atomic E-state index is 0.891. The fourth-order valence-corrected chi connectivity index (χ4v) is 7.43. The van der Waals surface area contributed by atoms with Gasteiger partial charge in [0, 0.05) is 44.3 Å². The van der Waals surface area contributed by atoms with E-state index in [2.05, 4.69) is 179 Å². The molecule has 2 heterocycles. The van der Waals surface area contributed by atoms with E-state index in [1.165, 1.54) is 49.4 Å². The van der Waals surface area contributed by atoms with E-state index in [9.17, 15) is 0 Å². The predicted octanol–water partition coefficient (Wildman–Crippen LogP) is 13.0. The monoisotopic (exact) mass is 626 g/mol. The molecule has 10 aromatic rings. The molecule has 0 aliphatic carbocycles. The Balaban J connectivity index is 1.10. The van der Waals surface area contributed by atoms with Gasteiger partial charge in [0.1, 0.15) is 11.2 Å². The minimum Gasteiger partial charge on any atom is -0.456 e. The number of para-hydroxylation sites is 3. The normalized spacial score (nSPS) is 11.7. The molecule has 3 nitrogen and oxygen atoms in total. The Hall–Kier alpha value is -6.58. The fraction of sp³-hybridized carbons (Fsp3) is 0. The number of hydrogen-bond donors (Lipinski definition) is 0. The molecule has 230 valence electrons. The van der Waals surface area contributed by atoms with Crippen molar-refractivity contribution >= 4 is 71.6 Å². The molecular formula is C46H30N2O. The molecule has 0 saturated heterocycles. The number of aromatic nitrogens is 1. The van der Waals surface area contributed by atoms with Crippen LogP contribution < -0.4 is 4.90 Å². The molecule has 0 amide bonds. The molecule has 0 radical (unpaired) electrons. The first-order chi connectivity index (χ1) is 24.3. The van der Waals surface area contributed by atoms with Crippen LogP contribution in [0.5, 0.6) is 0 Å². The van der Waals surface area contributed by atoms with Gasteiger partial charge in [-0.05, 0) is 101 Å². The second-order valence-corrected chi connectivity index (χ2v) is 12.6. The van der Waals surface area contributed by atoms with Gasteiger partial charge in [0.05, 0.1) is 11.0 Å². The van der Waals surface area contributed by atoms with Gasteiger partial charge in [-0.1, -0.05) is 103 Å². The fourth-order valence-electron chi connectivity index (χ4n) is 7.43. The average Bonchev–Trinajstić information content (AvgIpc) is 3.71. The van der Waals surface area contributed by atoms with Gasteiger partial charge in [-0.2, -0.15) is 0 Å². The average molecular weight is 627 g/mol. The minimum absolute atomic E-state index is 0.891. The van der Waals surface area contributed by atoms with Gasteiger partial charge >= 0.3 is 0 Å². The molecule has 0 bridgehead atoms. The summed E-state index contributed by atoms with van der Waals surface area (Å²) in [5.41, 5.74) is 11.0. The lowest BCUT2D eigenvalue weighted by Crippen LogP contribution is -2.09. The summed E-state index contributed by atoms with van der Waals surface area (Å²) in [6.07, 6.45) is 0. The van der Waals surface area contributed by atoms with Gasteiger partial charge in [-0.15, -0.1) is 0 Å². The number of nitrogens with zero attached hydrogens (tertiary/aromatic N) is 2. The molecule has 0 aliphatic rings. The molecule has 0 unspecified atom stereocenters. The van der Waals surface area contributed by atoms with Crippen LogP contribution in [0.2, 0.25) is 0 Å². The van der Waals surface area contributed by atoms with Gasteiger partial charge in [0.15, 0.2) is 0 Å². The molecule has 10 rings (SSSR count). The van der Waals surface area contributed by atoms with Crippen LogP contribution in [0.1, 0.15) is 0 Å². The highest BCUT2D eigenvalue weighted by Gasteiger charge is 2.17. The second kappa shape index (κ2) is 11.0. The first-order valence-electron chi connectivity index (χ1n) is 16.7. The molecule has 49 heavy (non-hydrogen) atoms. The number of anilines is 3. The van der Waals surface area contributed by atoms with Gasteiger partial charge in [-0.3, -0.25) is 0 Å². The standard InChI is InChI=1S/C46H30N2O/c1-2-12-35(13-3-1)48-43-16-8-6-14-39(43)41-29-34(21-26-44(41)48)32-18-22-36(23-19-32)47(37-24-20-31-10-4-5-11-33(31)28-37)38-25-27-46-42(30-38)40-15-7-9-17-45(40)49-46/h1-30H. The van der Waals surface area contributed by atoms with Crippen molar-refractivity contribution in [2.75, 3.05) is 4.90 Å². The van der Waals surface area contributed by atoms with Crippen LogP contribution in [0.3, 0.4) is 0 Å². The Morgan fingerprint density at radius 3 is 1.88 bits per heavy atom. The summed E-state index contributed by atoms with van der Waals surface area (Å²) in [7, 11) is 0. The van der Waals surface area contributed by atoms with Crippen LogP contribution in [0.15, 0.2) is 186 Å². The largest absolute Gasteiger partial charge is 0.456 e. The third-order valence-electron chi connectivity index (χ3n) is 9.76. The highest BCUT2D eigenvalue weighted by atomic mass is 16.3. The van der Waals surface area contributed by atoms with E-state index in [1.807, 2.05) is 12.1 Å². The Morgan fingerprint density at radius 2 is 1.00 bits per heavy atom. The molecular weight excluding hydrogens is 597 g/mol. The van der Waals surface area contributed by atoms with Gasteiger partial charge in [0.25, 0.3) is 0 Å². The summed E-state index contributed by atoms with van der Waals surface area (Å²) >= 11 is 0. The van der Waals surface area contributed by atoms with Crippen molar-refractivity contribution in [3.63, 3.8) is 0 Å². The van der Waals surface area contributed by atoms with Gasteiger partial charge < -0.3 is 13.9 Å². The van der Waals surface area contributed by atoms with Crippen molar-refractivity contribution in [2.45, 2.75) is 0 Å². The molecule has 0 fully saturated rings. The summed E-state index contributed by atoms with van der Waals surface area (Å²) in [6, 6.07) is 65.1. The Labute approximate surface area is 283 Å². The van der Waals surface area contributed by atoms with E-state index in [0.717, 1.165) is 39.0 Å². The topological polar surface area (TPSA) is 21.3 Å². The number of benzene rings is 8. The maximum atomic E-state index is 6.18. The number of hydrogen-bond acceptors (Lipinski definition) is 2. The summed E-state index contributed by atoms with van der Waals surface area (Å²) in [4.78, 5) is 2.34. The second-order valence-electron chi connectivity index (χ2n) is 12.6. The predicted molar refractivity (Wildman–Crippen MR) is 206 cm³/mol. The van der Waals surface area contributed by atoms with E-state index in [4.69, 9.17) is 4.42 Å².